The summed E-state index contributed by atoms with van der Waals surface area (Å²) in [5, 5.41) is 6.89. The first kappa shape index (κ1) is 23.0. The van der Waals surface area contributed by atoms with E-state index in [4.69, 9.17) is 25.1 Å². The highest BCUT2D eigenvalue weighted by molar-refractivity contribution is 5.87. The van der Waals surface area contributed by atoms with Gasteiger partial charge >= 0.3 is 6.01 Å². The van der Waals surface area contributed by atoms with Crippen LogP contribution in [-0.4, -0.2) is 63.3 Å². The highest BCUT2D eigenvalue weighted by Crippen LogP contribution is 2.29. The molecule has 2 aliphatic rings. The van der Waals surface area contributed by atoms with E-state index in [1.165, 1.54) is 17.5 Å². The van der Waals surface area contributed by atoms with Crippen LogP contribution in [0.5, 0.6) is 6.01 Å². The van der Waals surface area contributed by atoms with Crippen molar-refractivity contribution < 1.29 is 19.4 Å². The molecule has 9 heteroatoms. The van der Waals surface area contributed by atoms with Crippen LogP contribution >= 0.6 is 0 Å². The van der Waals surface area contributed by atoms with Gasteiger partial charge in [-0.15, -0.1) is 0 Å². The van der Waals surface area contributed by atoms with Crippen molar-refractivity contribution >= 4 is 23.3 Å². The molecule has 0 aliphatic carbocycles. The van der Waals surface area contributed by atoms with Gasteiger partial charge in [-0.2, -0.15) is 9.97 Å². The quantitative estimate of drug-likeness (QED) is 0.351. The zero-order valence-electron chi connectivity index (χ0n) is 18.9. The van der Waals surface area contributed by atoms with Crippen LogP contribution in [0.3, 0.4) is 0 Å². The Labute approximate surface area is 192 Å². The Morgan fingerprint density at radius 1 is 1.30 bits per heavy atom. The molecule has 4 heterocycles. The third-order valence-electron chi connectivity index (χ3n) is 6.16. The van der Waals surface area contributed by atoms with Crippen LogP contribution in [0, 0.1) is 0 Å². The molecule has 33 heavy (non-hydrogen) atoms. The molecule has 0 amide bonds. The normalized spacial score (nSPS) is 19.4. The second-order valence-corrected chi connectivity index (χ2v) is 8.50. The Balaban J connectivity index is 0.000000821. The first-order chi connectivity index (χ1) is 16.1. The molecule has 2 aromatic heterocycles. The topological polar surface area (TPSA) is 127 Å². The minimum atomic E-state index is -0.250. The zero-order chi connectivity index (χ0) is 23.2. The van der Waals surface area contributed by atoms with Gasteiger partial charge in [-0.05, 0) is 24.0 Å². The number of carboxylic acid groups (broad SMARTS) is 1. The molecule has 0 spiro atoms. The van der Waals surface area contributed by atoms with Crippen molar-refractivity contribution in [3.63, 3.8) is 0 Å². The standard InChI is InChI=1S/C23H29N5O2.CH2O2/c1-2-3-8-29-23-26-20-17(11-25-21(20)22(24)27-23)9-15-4-6-16(7-5-15)12-28-13-19-10-18(28)14-30-19;2-1-3/h4-7,11,18-19,25H,2-3,8-10,12-14H2,1H3,(H2,24,26,27);1H,(H,2,3)/t18-,19-;/m0./s1. The second kappa shape index (κ2) is 10.6. The number of aromatic amines is 1. The lowest BCUT2D eigenvalue weighted by Crippen LogP contribution is -2.36. The minimum absolute atomic E-state index is 0.250. The summed E-state index contributed by atoms with van der Waals surface area (Å²) in [4.78, 5) is 23.0. The van der Waals surface area contributed by atoms with Gasteiger partial charge in [0.2, 0.25) is 0 Å². The minimum Gasteiger partial charge on any atom is -0.483 e. The number of ether oxygens (including phenoxy) is 2. The van der Waals surface area contributed by atoms with Gasteiger partial charge < -0.3 is 25.3 Å². The smallest absolute Gasteiger partial charge is 0.319 e. The molecule has 9 nitrogen and oxygen atoms in total. The van der Waals surface area contributed by atoms with Gasteiger partial charge in [0.05, 0.1) is 19.3 Å². The van der Waals surface area contributed by atoms with Gasteiger partial charge in [-0.3, -0.25) is 9.69 Å². The predicted molar refractivity (Wildman–Crippen MR) is 125 cm³/mol. The predicted octanol–water partition coefficient (Wildman–Crippen LogP) is 2.98. The number of nitrogens with zero attached hydrogens (tertiary/aromatic N) is 3. The Morgan fingerprint density at radius 3 is 2.73 bits per heavy atom. The molecule has 0 unspecified atom stereocenters. The zero-order valence-corrected chi connectivity index (χ0v) is 18.9. The summed E-state index contributed by atoms with van der Waals surface area (Å²) in [6.07, 6.45) is 6.43. The van der Waals surface area contributed by atoms with Crippen LogP contribution in [0.1, 0.15) is 42.9 Å². The number of hydrogen-bond donors (Lipinski definition) is 3. The average molecular weight is 454 g/mol. The summed E-state index contributed by atoms with van der Waals surface area (Å²) in [5.74, 6) is 0.428. The summed E-state index contributed by atoms with van der Waals surface area (Å²) < 4.78 is 11.4. The molecule has 1 aromatic carbocycles. The van der Waals surface area contributed by atoms with Crippen LogP contribution < -0.4 is 10.5 Å². The third kappa shape index (κ3) is 5.43. The monoisotopic (exact) mass is 453 g/mol. The van der Waals surface area contributed by atoms with Crippen LogP contribution in [0.25, 0.3) is 11.0 Å². The number of morpholine rings is 1. The number of likely N-dealkylation sites (tertiary alicyclic amines) is 1. The van der Waals surface area contributed by atoms with Crippen LogP contribution in [0.15, 0.2) is 30.5 Å². The lowest BCUT2D eigenvalue weighted by Gasteiger charge is -2.26. The molecule has 3 aromatic rings. The molecule has 2 bridgehead atoms. The number of H-pyrrole nitrogens is 1. The van der Waals surface area contributed by atoms with Gasteiger partial charge in [-0.1, -0.05) is 37.6 Å². The number of fused-ring (bicyclic) bond motifs is 3. The number of aromatic nitrogens is 3. The molecule has 5 rings (SSSR count). The van der Waals surface area contributed by atoms with Crippen molar-refractivity contribution in [3.8, 4) is 6.01 Å². The van der Waals surface area contributed by atoms with Crippen LogP contribution in [0.2, 0.25) is 0 Å². The number of benzene rings is 1. The number of nitrogens with one attached hydrogen (secondary N) is 1. The fraction of sp³-hybridized carbons (Fsp3) is 0.458. The van der Waals surface area contributed by atoms with Gasteiger partial charge in [-0.25, -0.2) is 0 Å². The number of nitrogens with two attached hydrogens (primary N) is 1. The van der Waals surface area contributed by atoms with Gasteiger partial charge in [0, 0.05) is 37.3 Å². The van der Waals surface area contributed by atoms with E-state index < -0.39 is 0 Å². The highest BCUT2D eigenvalue weighted by atomic mass is 16.5. The molecule has 4 N–H and O–H groups in total. The average Bonchev–Trinajstić information content (AvgIpc) is 3.53. The third-order valence-corrected chi connectivity index (χ3v) is 6.16. The van der Waals surface area contributed by atoms with Crippen molar-refractivity contribution in [2.75, 3.05) is 25.5 Å². The molecule has 2 fully saturated rings. The highest BCUT2D eigenvalue weighted by Gasteiger charge is 2.38. The Kier molecular flexibility index (Phi) is 7.41. The second-order valence-electron chi connectivity index (χ2n) is 8.50. The fourth-order valence-electron chi connectivity index (χ4n) is 4.46. The largest absolute Gasteiger partial charge is 0.483 e. The Bertz CT molecular complexity index is 1070. The van der Waals surface area contributed by atoms with Crippen molar-refractivity contribution in [3.05, 3.63) is 47.2 Å². The molecular weight excluding hydrogens is 422 g/mol. The molecule has 176 valence electrons. The van der Waals surface area contributed by atoms with Crippen LogP contribution in [-0.2, 0) is 22.5 Å². The van der Waals surface area contributed by atoms with Gasteiger partial charge in [0.15, 0.2) is 5.82 Å². The van der Waals surface area contributed by atoms with Crippen LogP contribution in [0.4, 0.5) is 5.82 Å². The summed E-state index contributed by atoms with van der Waals surface area (Å²) in [7, 11) is 0. The number of carbonyl (C=O) groups is 1. The molecule has 2 atom stereocenters. The maximum atomic E-state index is 8.36. The Hall–Kier alpha value is -3.17. The van der Waals surface area contributed by atoms with E-state index in [-0.39, 0.29) is 6.47 Å². The summed E-state index contributed by atoms with van der Waals surface area (Å²) in [6, 6.07) is 9.84. The lowest BCUT2D eigenvalue weighted by atomic mass is 10.0. The van der Waals surface area contributed by atoms with E-state index >= 15 is 0 Å². The number of anilines is 1. The molecule has 2 saturated heterocycles. The maximum absolute atomic E-state index is 8.36. The first-order valence-corrected chi connectivity index (χ1v) is 11.4. The Morgan fingerprint density at radius 2 is 2.06 bits per heavy atom. The van der Waals surface area contributed by atoms with E-state index in [0.717, 1.165) is 55.6 Å². The number of nitrogen functional groups attached to an aromatic ring is 1. The number of rotatable bonds is 8. The fourth-order valence-corrected chi connectivity index (χ4v) is 4.46. The van der Waals surface area contributed by atoms with Gasteiger partial charge in [0.1, 0.15) is 11.0 Å². The van der Waals surface area contributed by atoms with Crippen molar-refractivity contribution in [2.24, 2.45) is 0 Å². The van der Waals surface area contributed by atoms with E-state index in [9.17, 15) is 0 Å². The molecule has 0 radical (unpaired) electrons. The molecular formula is C24H31N5O4. The van der Waals surface area contributed by atoms with Crippen molar-refractivity contribution in [1.29, 1.82) is 0 Å². The van der Waals surface area contributed by atoms with Gasteiger partial charge in [0.25, 0.3) is 6.47 Å². The van der Waals surface area contributed by atoms with E-state index in [1.807, 2.05) is 6.20 Å². The first-order valence-electron chi connectivity index (χ1n) is 11.4. The SMILES string of the molecule is CCCCOc1nc(N)c2[nH]cc(Cc3ccc(CN4C[C@@H]5C[C@H]4CO5)cc3)c2n1.O=CO. The van der Waals surface area contributed by atoms with Crippen molar-refractivity contribution in [1.82, 2.24) is 19.9 Å². The number of hydrogen-bond acceptors (Lipinski definition) is 7. The number of unbranched alkanes of at least 4 members (excludes halogenated alkanes) is 1. The maximum Gasteiger partial charge on any atom is 0.319 e. The van der Waals surface area contributed by atoms with E-state index in [0.29, 0.717) is 30.6 Å². The molecule has 0 saturated carbocycles. The lowest BCUT2D eigenvalue weighted by molar-refractivity contribution is -0.122. The summed E-state index contributed by atoms with van der Waals surface area (Å²) >= 11 is 0. The summed E-state index contributed by atoms with van der Waals surface area (Å²) in [6.45, 7) is 5.43. The van der Waals surface area contributed by atoms with E-state index in [1.54, 1.807) is 0 Å². The molecule has 2 aliphatic heterocycles. The van der Waals surface area contributed by atoms with E-state index in [2.05, 4.69) is 51.0 Å². The summed E-state index contributed by atoms with van der Waals surface area (Å²) in [5.41, 5.74) is 11.4. The van der Waals surface area contributed by atoms with Crippen molar-refractivity contribution in [2.45, 2.75) is 51.3 Å².